The number of hydrogen-bond acceptors (Lipinski definition) is 7. The topological polar surface area (TPSA) is 95.5 Å². The van der Waals surface area contributed by atoms with Crippen molar-refractivity contribution in [3.63, 3.8) is 0 Å². The summed E-state index contributed by atoms with van der Waals surface area (Å²) in [6.07, 6.45) is -0.447. The summed E-state index contributed by atoms with van der Waals surface area (Å²) in [5.41, 5.74) is -0.494. The number of nitrogens with one attached hydrogen (secondary N) is 1. The van der Waals surface area contributed by atoms with Crippen LogP contribution in [0.1, 0.15) is 42.0 Å². The van der Waals surface area contributed by atoms with E-state index in [0.717, 1.165) is 0 Å². The zero-order valence-corrected chi connectivity index (χ0v) is 16.5. The van der Waals surface area contributed by atoms with Gasteiger partial charge in [-0.05, 0) is 20.8 Å². The molecule has 0 aromatic rings. The van der Waals surface area contributed by atoms with Crippen molar-refractivity contribution >= 4 is 6.09 Å². The molecule has 160 valence electrons. The van der Waals surface area contributed by atoms with Crippen LogP contribution in [0, 0.1) is 0 Å². The highest BCUT2D eigenvalue weighted by Crippen LogP contribution is 2.05. The van der Waals surface area contributed by atoms with Crippen molar-refractivity contribution in [2.24, 2.45) is 0 Å². The van der Waals surface area contributed by atoms with Crippen LogP contribution in [-0.4, -0.2) is 82.8 Å². The van der Waals surface area contributed by atoms with Crippen molar-refractivity contribution in [2.45, 2.75) is 47.6 Å². The lowest BCUT2D eigenvalue weighted by Crippen LogP contribution is -2.34. The number of ether oxygens (including phenoxy) is 5. The van der Waals surface area contributed by atoms with Crippen LogP contribution < -0.4 is 5.32 Å². The number of aliphatic hydroxyl groups excluding tert-OH is 1. The Balaban J connectivity index is -0.00000170. The molecule has 0 aliphatic rings. The second-order valence-electron chi connectivity index (χ2n) is 5.60. The SMILES string of the molecule is C.CC.CC(C)(C)OC(=O)NCCOCCOCCOCCOCCO. The van der Waals surface area contributed by atoms with Gasteiger partial charge >= 0.3 is 6.09 Å². The van der Waals surface area contributed by atoms with Crippen LogP contribution >= 0.6 is 0 Å². The summed E-state index contributed by atoms with van der Waals surface area (Å²) in [6.45, 7) is 13.4. The van der Waals surface area contributed by atoms with Gasteiger partial charge in [-0.1, -0.05) is 21.3 Å². The zero-order chi connectivity index (χ0) is 19.4. The predicted octanol–water partition coefficient (Wildman–Crippen LogP) is 2.23. The van der Waals surface area contributed by atoms with Crippen molar-refractivity contribution in [3.8, 4) is 0 Å². The largest absolute Gasteiger partial charge is 0.444 e. The summed E-state index contributed by atoms with van der Waals surface area (Å²) >= 11 is 0. The average molecular weight is 384 g/mol. The van der Waals surface area contributed by atoms with Gasteiger partial charge in [0.05, 0.1) is 59.5 Å². The highest BCUT2D eigenvalue weighted by molar-refractivity contribution is 5.67. The van der Waals surface area contributed by atoms with Crippen molar-refractivity contribution < 1.29 is 33.6 Å². The normalized spacial score (nSPS) is 10.4. The first-order valence-electron chi connectivity index (χ1n) is 8.84. The molecule has 0 aromatic heterocycles. The first-order valence-corrected chi connectivity index (χ1v) is 8.84. The molecular formula is C18H41NO7. The van der Waals surface area contributed by atoms with Crippen molar-refractivity contribution in [1.82, 2.24) is 5.32 Å². The molecule has 0 spiro atoms. The molecule has 0 rings (SSSR count). The van der Waals surface area contributed by atoms with Crippen LogP contribution in [0.5, 0.6) is 0 Å². The van der Waals surface area contributed by atoms with Crippen LogP contribution in [0.2, 0.25) is 0 Å². The molecule has 0 saturated heterocycles. The molecule has 0 aromatic carbocycles. The zero-order valence-electron chi connectivity index (χ0n) is 16.5. The van der Waals surface area contributed by atoms with Crippen LogP contribution in [0.25, 0.3) is 0 Å². The third-order valence-corrected chi connectivity index (χ3v) is 2.27. The summed E-state index contributed by atoms with van der Waals surface area (Å²) in [5, 5.41) is 11.1. The molecule has 26 heavy (non-hydrogen) atoms. The summed E-state index contributed by atoms with van der Waals surface area (Å²) < 4.78 is 26.0. The van der Waals surface area contributed by atoms with Crippen LogP contribution in [0.15, 0.2) is 0 Å². The molecule has 2 N–H and O–H groups in total. The fourth-order valence-corrected chi connectivity index (χ4v) is 1.37. The Labute approximate surface area is 159 Å². The van der Waals surface area contributed by atoms with Gasteiger partial charge in [0.15, 0.2) is 0 Å². The van der Waals surface area contributed by atoms with E-state index in [-0.39, 0.29) is 14.0 Å². The Kier molecular flexibility index (Phi) is 25.4. The average Bonchev–Trinajstić information content (AvgIpc) is 2.55. The molecule has 0 heterocycles. The van der Waals surface area contributed by atoms with Gasteiger partial charge in [0.2, 0.25) is 0 Å². The fourth-order valence-electron chi connectivity index (χ4n) is 1.37. The van der Waals surface area contributed by atoms with E-state index in [4.69, 9.17) is 28.8 Å². The van der Waals surface area contributed by atoms with Crippen molar-refractivity contribution in [3.05, 3.63) is 0 Å². The monoisotopic (exact) mass is 383 g/mol. The van der Waals surface area contributed by atoms with Gasteiger partial charge in [-0.3, -0.25) is 0 Å². The van der Waals surface area contributed by atoms with E-state index in [9.17, 15) is 4.79 Å². The van der Waals surface area contributed by atoms with Crippen LogP contribution in [-0.2, 0) is 23.7 Å². The molecule has 0 aliphatic carbocycles. The highest BCUT2D eigenvalue weighted by Gasteiger charge is 2.15. The Hall–Kier alpha value is -0.930. The molecule has 0 atom stereocenters. The van der Waals surface area contributed by atoms with Gasteiger partial charge in [-0.2, -0.15) is 0 Å². The van der Waals surface area contributed by atoms with Gasteiger partial charge in [0, 0.05) is 6.54 Å². The molecule has 1 amide bonds. The molecule has 0 aliphatic heterocycles. The van der Waals surface area contributed by atoms with Gasteiger partial charge in [-0.15, -0.1) is 0 Å². The lowest BCUT2D eigenvalue weighted by Gasteiger charge is -2.19. The molecule has 0 saturated carbocycles. The Morgan fingerprint density at radius 2 is 1.19 bits per heavy atom. The first kappa shape index (κ1) is 29.8. The maximum Gasteiger partial charge on any atom is 0.407 e. The Bertz CT molecular complexity index is 283. The number of rotatable bonds is 14. The Morgan fingerprint density at radius 3 is 1.58 bits per heavy atom. The molecule has 0 unspecified atom stereocenters. The third kappa shape index (κ3) is 27.9. The summed E-state index contributed by atoms with van der Waals surface area (Å²) in [6, 6.07) is 0. The van der Waals surface area contributed by atoms with E-state index in [0.29, 0.717) is 59.4 Å². The van der Waals surface area contributed by atoms with Gasteiger partial charge in [0.1, 0.15) is 5.60 Å². The molecule has 0 radical (unpaired) electrons. The maximum atomic E-state index is 11.3. The number of alkyl carbamates (subject to hydrolysis) is 1. The number of amides is 1. The smallest absolute Gasteiger partial charge is 0.407 e. The third-order valence-electron chi connectivity index (χ3n) is 2.27. The minimum atomic E-state index is -0.494. The van der Waals surface area contributed by atoms with Crippen LogP contribution in [0.4, 0.5) is 4.79 Å². The van der Waals surface area contributed by atoms with E-state index >= 15 is 0 Å². The molecular weight excluding hydrogens is 342 g/mol. The quantitative estimate of drug-likeness (QED) is 0.444. The maximum absolute atomic E-state index is 11.3. The van der Waals surface area contributed by atoms with Crippen molar-refractivity contribution in [1.29, 1.82) is 0 Å². The van der Waals surface area contributed by atoms with E-state index < -0.39 is 11.7 Å². The molecule has 8 heteroatoms. The highest BCUT2D eigenvalue weighted by atomic mass is 16.6. The van der Waals surface area contributed by atoms with E-state index in [2.05, 4.69) is 5.32 Å². The summed E-state index contributed by atoms with van der Waals surface area (Å²) in [5.74, 6) is 0. The number of carbonyl (C=O) groups is 1. The lowest BCUT2D eigenvalue weighted by atomic mass is 10.2. The van der Waals surface area contributed by atoms with E-state index in [1.165, 1.54) is 0 Å². The van der Waals surface area contributed by atoms with Gasteiger partial charge in [0.25, 0.3) is 0 Å². The fraction of sp³-hybridized carbons (Fsp3) is 0.944. The predicted molar refractivity (Wildman–Crippen MR) is 103 cm³/mol. The van der Waals surface area contributed by atoms with Crippen molar-refractivity contribution in [2.75, 3.05) is 66.0 Å². The molecule has 8 nitrogen and oxygen atoms in total. The summed E-state index contributed by atoms with van der Waals surface area (Å²) in [4.78, 5) is 11.3. The number of carbonyl (C=O) groups excluding carboxylic acids is 1. The minimum absolute atomic E-state index is 0. The lowest BCUT2D eigenvalue weighted by molar-refractivity contribution is -0.00547. The van der Waals surface area contributed by atoms with Crippen LogP contribution in [0.3, 0.4) is 0 Å². The van der Waals surface area contributed by atoms with E-state index in [1.807, 2.05) is 34.6 Å². The van der Waals surface area contributed by atoms with E-state index in [1.54, 1.807) is 0 Å². The summed E-state index contributed by atoms with van der Waals surface area (Å²) in [7, 11) is 0. The number of aliphatic hydroxyl groups is 1. The standard InChI is InChI=1S/C15H31NO7.C2H6.CH4/c1-15(2,3)23-14(18)16-4-6-19-8-10-21-12-13-22-11-9-20-7-5-17;1-2;/h17H,4-13H2,1-3H3,(H,16,18);1-2H3;1H4. The number of hydrogen-bond donors (Lipinski definition) is 2. The second-order valence-corrected chi connectivity index (χ2v) is 5.60. The molecule has 0 fully saturated rings. The van der Waals surface area contributed by atoms with Gasteiger partial charge < -0.3 is 34.1 Å². The second kappa shape index (κ2) is 22.1. The minimum Gasteiger partial charge on any atom is -0.444 e. The first-order chi connectivity index (χ1) is 12.0. The van der Waals surface area contributed by atoms with Gasteiger partial charge in [-0.25, -0.2) is 4.79 Å². The Morgan fingerprint density at radius 1 is 0.808 bits per heavy atom. The molecule has 0 bridgehead atoms.